The zero-order valence-corrected chi connectivity index (χ0v) is 21.9. The van der Waals surface area contributed by atoms with E-state index in [2.05, 4.69) is 5.40 Å². The number of ether oxygens (including phenoxy) is 3. The molecule has 9 heteroatoms. The molecular formula is C28H28N2O6S. The number of benzene rings is 2. The molecule has 8 nitrogen and oxygen atoms in total. The van der Waals surface area contributed by atoms with Crippen molar-refractivity contribution in [2.75, 3.05) is 12.0 Å². The molecule has 0 saturated heterocycles. The van der Waals surface area contributed by atoms with E-state index in [1.165, 1.54) is 7.11 Å². The van der Waals surface area contributed by atoms with Crippen LogP contribution in [0.4, 0.5) is 10.5 Å². The maximum absolute atomic E-state index is 14.4. The number of anilines is 1. The van der Waals surface area contributed by atoms with E-state index in [0.717, 1.165) is 22.2 Å². The van der Waals surface area contributed by atoms with Crippen molar-refractivity contribution in [1.82, 2.24) is 0 Å². The zero-order chi connectivity index (χ0) is 26.8. The Balaban J connectivity index is 1.84. The minimum Gasteiger partial charge on any atom is -0.497 e. The third kappa shape index (κ3) is 4.81. The molecule has 2 aromatic carbocycles. The molecular weight excluding hydrogens is 492 g/mol. The van der Waals surface area contributed by atoms with Crippen LogP contribution in [0.5, 0.6) is 5.75 Å². The van der Waals surface area contributed by atoms with Gasteiger partial charge in [0.15, 0.2) is 0 Å². The molecule has 2 amide bonds. The van der Waals surface area contributed by atoms with Crippen LogP contribution in [-0.2, 0) is 31.1 Å². The van der Waals surface area contributed by atoms with Crippen LogP contribution >= 0.6 is 11.8 Å². The summed E-state index contributed by atoms with van der Waals surface area (Å²) in [5, 5.41) is 10.9. The number of imide groups is 1. The van der Waals surface area contributed by atoms with Crippen molar-refractivity contribution in [1.29, 1.82) is 5.26 Å². The highest BCUT2D eigenvalue weighted by Crippen LogP contribution is 2.56. The van der Waals surface area contributed by atoms with Gasteiger partial charge >= 0.3 is 12.1 Å². The van der Waals surface area contributed by atoms with E-state index in [-0.39, 0.29) is 18.7 Å². The molecule has 1 heterocycles. The summed E-state index contributed by atoms with van der Waals surface area (Å²) >= 11 is 0.863. The van der Waals surface area contributed by atoms with Crippen molar-refractivity contribution in [3.05, 3.63) is 71.8 Å². The topological polar surface area (TPSA) is 106 Å². The van der Waals surface area contributed by atoms with Crippen LogP contribution in [0.3, 0.4) is 0 Å². The molecule has 0 saturated carbocycles. The number of amides is 2. The van der Waals surface area contributed by atoms with Gasteiger partial charge in [-0.2, -0.15) is 5.26 Å². The first-order valence-electron chi connectivity index (χ1n) is 11.8. The van der Waals surface area contributed by atoms with Crippen LogP contribution in [0.1, 0.15) is 38.3 Å². The minimum atomic E-state index is -1.58. The number of hydrogen-bond donors (Lipinski definition) is 0. The number of allylic oxidation sites excluding steroid dienone is 1. The van der Waals surface area contributed by atoms with Crippen LogP contribution in [0.25, 0.3) is 0 Å². The Bertz CT molecular complexity index is 1280. The number of thioether (sulfide) groups is 1. The molecule has 4 rings (SSSR count). The van der Waals surface area contributed by atoms with Crippen molar-refractivity contribution >= 4 is 35.4 Å². The van der Waals surface area contributed by atoms with Gasteiger partial charge in [-0.1, -0.05) is 42.5 Å². The minimum absolute atomic E-state index is 0.0340. The summed E-state index contributed by atoms with van der Waals surface area (Å²) in [6.45, 7) is 5.21. The molecule has 1 aliphatic heterocycles. The van der Waals surface area contributed by atoms with E-state index < -0.39 is 40.2 Å². The number of rotatable bonds is 5. The monoisotopic (exact) mass is 520 g/mol. The number of fused-ring (bicyclic) bond motifs is 2. The lowest BCUT2D eigenvalue weighted by Gasteiger charge is -2.41. The molecule has 3 atom stereocenters. The molecule has 1 spiro atoms. The third-order valence-electron chi connectivity index (χ3n) is 6.39. The molecule has 0 fully saturated rings. The highest BCUT2D eigenvalue weighted by atomic mass is 32.2. The van der Waals surface area contributed by atoms with Crippen molar-refractivity contribution < 1.29 is 28.6 Å². The Morgan fingerprint density at radius 2 is 1.92 bits per heavy atom. The SMILES string of the molecule is COc1ccc2c(c1)[C@@]1(C(=O)N2C(=O)OCc2ccccc2)[C@@H](SC#N)C=CC[C@H]1C(=O)OC(C)(C)C. The number of nitrogens with zero attached hydrogens (tertiary/aromatic N) is 2. The molecule has 2 aromatic rings. The van der Waals surface area contributed by atoms with Gasteiger partial charge in [0.2, 0.25) is 5.91 Å². The van der Waals surface area contributed by atoms with Gasteiger partial charge in [0.25, 0.3) is 0 Å². The molecule has 192 valence electrons. The van der Waals surface area contributed by atoms with Crippen LogP contribution in [0.2, 0.25) is 0 Å². The summed E-state index contributed by atoms with van der Waals surface area (Å²) < 4.78 is 16.7. The van der Waals surface area contributed by atoms with E-state index in [1.54, 1.807) is 51.1 Å². The average molecular weight is 521 g/mol. The van der Waals surface area contributed by atoms with Crippen molar-refractivity contribution in [2.45, 2.75) is 50.1 Å². The predicted octanol–water partition coefficient (Wildman–Crippen LogP) is 5.12. The number of esters is 1. The maximum atomic E-state index is 14.4. The fraction of sp³-hybridized carbons (Fsp3) is 0.357. The standard InChI is InChI=1S/C28H28N2O6S/c1-27(2,3)36-24(31)20-11-8-12-23(37-17-29)28(20)21-15-19(34-4)13-14-22(21)30(25(28)32)26(33)35-16-18-9-6-5-7-10-18/h5-10,12-15,20,23H,11,16H2,1-4H3/t20-,23-,28+/m0/s1. The first-order chi connectivity index (χ1) is 17.6. The lowest BCUT2D eigenvalue weighted by molar-refractivity contribution is -0.164. The second-order valence-electron chi connectivity index (χ2n) is 9.81. The molecule has 0 aromatic heterocycles. The fourth-order valence-corrected chi connectivity index (χ4v) is 5.75. The molecule has 0 N–H and O–H groups in total. The summed E-state index contributed by atoms with van der Waals surface area (Å²) in [4.78, 5) is 42.3. The second-order valence-corrected chi connectivity index (χ2v) is 10.7. The first-order valence-corrected chi connectivity index (χ1v) is 12.7. The van der Waals surface area contributed by atoms with Crippen LogP contribution in [-0.4, -0.2) is 35.9 Å². The van der Waals surface area contributed by atoms with Crippen LogP contribution in [0, 0.1) is 16.6 Å². The van der Waals surface area contributed by atoms with E-state index in [1.807, 2.05) is 30.3 Å². The number of carbonyl (C=O) groups excluding carboxylic acids is 3. The van der Waals surface area contributed by atoms with Gasteiger partial charge in [0, 0.05) is 0 Å². The van der Waals surface area contributed by atoms with Gasteiger partial charge in [-0.05, 0) is 68.3 Å². The largest absolute Gasteiger partial charge is 0.497 e. The van der Waals surface area contributed by atoms with Crippen LogP contribution in [0.15, 0.2) is 60.7 Å². The van der Waals surface area contributed by atoms with E-state index in [0.29, 0.717) is 11.3 Å². The Morgan fingerprint density at radius 3 is 2.57 bits per heavy atom. The van der Waals surface area contributed by atoms with Crippen molar-refractivity contribution in [3.8, 4) is 11.2 Å². The smallest absolute Gasteiger partial charge is 0.421 e. The highest BCUT2D eigenvalue weighted by Gasteiger charge is 2.64. The second kappa shape index (κ2) is 10.3. The average Bonchev–Trinajstić information content (AvgIpc) is 3.11. The lowest BCUT2D eigenvalue weighted by Crippen LogP contribution is -2.57. The maximum Gasteiger partial charge on any atom is 0.421 e. The number of carbonyl (C=O) groups is 3. The predicted molar refractivity (Wildman–Crippen MR) is 139 cm³/mol. The van der Waals surface area contributed by atoms with Gasteiger partial charge in [-0.15, -0.1) is 0 Å². The molecule has 0 radical (unpaired) electrons. The third-order valence-corrected chi connectivity index (χ3v) is 7.28. The summed E-state index contributed by atoms with van der Waals surface area (Å²) in [6.07, 6.45) is 2.86. The van der Waals surface area contributed by atoms with E-state index in [9.17, 15) is 19.6 Å². The summed E-state index contributed by atoms with van der Waals surface area (Å²) in [7, 11) is 1.49. The summed E-state index contributed by atoms with van der Waals surface area (Å²) in [5.41, 5.74) is -0.910. The molecule has 1 aliphatic carbocycles. The Hall–Kier alpha value is -3.77. The van der Waals surface area contributed by atoms with Gasteiger partial charge in [0.1, 0.15) is 28.8 Å². The van der Waals surface area contributed by atoms with Gasteiger partial charge < -0.3 is 14.2 Å². The lowest BCUT2D eigenvalue weighted by atomic mass is 9.64. The summed E-state index contributed by atoms with van der Waals surface area (Å²) in [6, 6.07) is 14.0. The quantitative estimate of drug-likeness (QED) is 0.304. The first kappa shape index (κ1) is 26.3. The fourth-order valence-electron chi connectivity index (χ4n) is 4.87. The molecule has 37 heavy (non-hydrogen) atoms. The Labute approximate surface area is 220 Å². The van der Waals surface area contributed by atoms with E-state index >= 15 is 0 Å². The summed E-state index contributed by atoms with van der Waals surface area (Å²) in [5.74, 6) is -1.75. The van der Waals surface area contributed by atoms with Gasteiger partial charge in [-0.3, -0.25) is 9.59 Å². The van der Waals surface area contributed by atoms with E-state index in [4.69, 9.17) is 14.2 Å². The van der Waals surface area contributed by atoms with Crippen molar-refractivity contribution in [3.63, 3.8) is 0 Å². The molecule has 0 unspecified atom stereocenters. The molecule has 2 aliphatic rings. The molecule has 0 bridgehead atoms. The van der Waals surface area contributed by atoms with Gasteiger partial charge in [-0.25, -0.2) is 9.69 Å². The zero-order valence-electron chi connectivity index (χ0n) is 21.1. The Kier molecular flexibility index (Phi) is 7.32. The normalized spacial score (nSPS) is 22.4. The van der Waals surface area contributed by atoms with Gasteiger partial charge in [0.05, 0.1) is 24.0 Å². The number of nitriles is 1. The number of hydrogen-bond acceptors (Lipinski definition) is 8. The number of methoxy groups -OCH3 is 1. The van der Waals surface area contributed by atoms with Crippen molar-refractivity contribution in [2.24, 2.45) is 5.92 Å². The highest BCUT2D eigenvalue weighted by molar-refractivity contribution is 8.04. The Morgan fingerprint density at radius 1 is 1.19 bits per heavy atom. The van der Waals surface area contributed by atoms with Crippen LogP contribution < -0.4 is 9.64 Å². The number of thiocyanates is 1.